The first kappa shape index (κ1) is 9.22. The topological polar surface area (TPSA) is 26.0 Å². The molecule has 1 aliphatic rings. The molecule has 2 heteroatoms. The largest absolute Gasteiger partial charge is 0.325 e. The lowest BCUT2D eigenvalue weighted by Crippen LogP contribution is -2.44. The minimum absolute atomic E-state index is 0.0652. The van der Waals surface area contributed by atoms with Crippen LogP contribution in [0.25, 0.3) is 0 Å². The van der Waals surface area contributed by atoms with Gasteiger partial charge in [0.05, 0.1) is 0 Å². The van der Waals surface area contributed by atoms with Gasteiger partial charge < -0.3 is 5.73 Å². The van der Waals surface area contributed by atoms with E-state index in [2.05, 4.69) is 32.9 Å². The first-order chi connectivity index (χ1) is 5.96. The summed E-state index contributed by atoms with van der Waals surface area (Å²) in [7, 11) is 0. The van der Waals surface area contributed by atoms with Crippen LogP contribution in [0.2, 0.25) is 0 Å². The van der Waals surface area contributed by atoms with E-state index in [1.807, 2.05) is 11.3 Å². The van der Waals surface area contributed by atoms with Crippen LogP contribution in [0.4, 0.5) is 0 Å². The molecular weight excluding hydrogens is 178 g/mol. The first-order valence-corrected chi connectivity index (χ1v) is 5.63. The van der Waals surface area contributed by atoms with Crippen LogP contribution in [0.5, 0.6) is 0 Å². The molecule has 2 N–H and O–H groups in total. The first-order valence-electron chi connectivity index (χ1n) is 4.81. The number of aryl methyl sites for hydroxylation is 1. The van der Waals surface area contributed by atoms with Crippen molar-refractivity contribution in [2.24, 2.45) is 5.73 Å². The van der Waals surface area contributed by atoms with Gasteiger partial charge in [0.25, 0.3) is 0 Å². The number of thiophene rings is 1. The van der Waals surface area contributed by atoms with Crippen molar-refractivity contribution in [3.05, 3.63) is 21.9 Å². The molecule has 0 amide bonds. The van der Waals surface area contributed by atoms with Crippen LogP contribution >= 0.6 is 11.3 Å². The van der Waals surface area contributed by atoms with Gasteiger partial charge in [0.15, 0.2) is 0 Å². The number of hydrogen-bond acceptors (Lipinski definition) is 2. The average molecular weight is 195 g/mol. The number of rotatable bonds is 2. The molecule has 0 bridgehead atoms. The molecule has 72 valence electrons. The second-order valence-electron chi connectivity index (χ2n) is 4.71. The van der Waals surface area contributed by atoms with Crippen LogP contribution < -0.4 is 5.73 Å². The van der Waals surface area contributed by atoms with Crippen molar-refractivity contribution >= 4 is 11.3 Å². The van der Waals surface area contributed by atoms with E-state index in [4.69, 9.17) is 5.73 Å². The molecule has 1 saturated carbocycles. The summed E-state index contributed by atoms with van der Waals surface area (Å²) in [6, 6.07) is 4.45. The average Bonchev–Trinajstić information content (AvgIpc) is 2.70. The van der Waals surface area contributed by atoms with Gasteiger partial charge in [-0.15, -0.1) is 11.3 Å². The van der Waals surface area contributed by atoms with Crippen molar-refractivity contribution in [1.82, 2.24) is 0 Å². The minimum atomic E-state index is -0.0652. The zero-order valence-corrected chi connectivity index (χ0v) is 9.37. The third-order valence-corrected chi connectivity index (χ3v) is 4.40. The molecule has 1 heterocycles. The molecule has 2 rings (SSSR count). The fraction of sp³-hybridized carbons (Fsp3) is 0.636. The standard InChI is InChI=1S/C11H17NS/c1-8-4-5-9(13-8)11(6-7-11)10(2,3)12/h4-5H,6-7,12H2,1-3H3. The van der Waals surface area contributed by atoms with E-state index in [1.54, 1.807) is 0 Å². The van der Waals surface area contributed by atoms with E-state index >= 15 is 0 Å². The Bertz CT molecular complexity index is 315. The van der Waals surface area contributed by atoms with Crippen molar-refractivity contribution in [3.63, 3.8) is 0 Å². The van der Waals surface area contributed by atoms with E-state index in [-0.39, 0.29) is 5.54 Å². The SMILES string of the molecule is Cc1ccc(C2(C(C)(C)N)CC2)s1. The van der Waals surface area contributed by atoms with Crippen LogP contribution in [0.15, 0.2) is 12.1 Å². The van der Waals surface area contributed by atoms with E-state index in [9.17, 15) is 0 Å². The molecule has 0 unspecified atom stereocenters. The molecule has 0 radical (unpaired) electrons. The van der Waals surface area contributed by atoms with E-state index in [0.29, 0.717) is 5.41 Å². The Hall–Kier alpha value is -0.340. The third kappa shape index (κ3) is 1.32. The molecule has 1 aromatic rings. The Morgan fingerprint density at radius 1 is 1.38 bits per heavy atom. The van der Waals surface area contributed by atoms with Crippen molar-refractivity contribution in [2.45, 2.75) is 44.6 Å². The monoisotopic (exact) mass is 195 g/mol. The molecule has 0 saturated heterocycles. The maximum absolute atomic E-state index is 6.22. The smallest absolute Gasteiger partial charge is 0.0222 e. The van der Waals surface area contributed by atoms with Gasteiger partial charge in [0, 0.05) is 20.7 Å². The maximum Gasteiger partial charge on any atom is 0.0222 e. The molecule has 0 aromatic carbocycles. The van der Waals surface area contributed by atoms with E-state index in [1.165, 1.54) is 22.6 Å². The molecule has 1 nitrogen and oxygen atoms in total. The zero-order valence-electron chi connectivity index (χ0n) is 8.55. The molecule has 13 heavy (non-hydrogen) atoms. The van der Waals surface area contributed by atoms with Crippen LogP contribution in [-0.4, -0.2) is 5.54 Å². The van der Waals surface area contributed by atoms with Crippen LogP contribution in [0.3, 0.4) is 0 Å². The predicted octanol–water partition coefficient (Wildman–Crippen LogP) is 2.83. The highest BCUT2D eigenvalue weighted by Gasteiger charge is 2.54. The van der Waals surface area contributed by atoms with Crippen LogP contribution in [0.1, 0.15) is 36.4 Å². The molecule has 0 atom stereocenters. The molecule has 1 aliphatic carbocycles. The van der Waals surface area contributed by atoms with Crippen molar-refractivity contribution in [1.29, 1.82) is 0 Å². The molecule has 0 aliphatic heterocycles. The van der Waals surface area contributed by atoms with Gasteiger partial charge in [-0.2, -0.15) is 0 Å². The summed E-state index contributed by atoms with van der Waals surface area (Å²) in [6.45, 7) is 6.46. The quantitative estimate of drug-likeness (QED) is 0.771. The highest BCUT2D eigenvalue weighted by molar-refractivity contribution is 7.12. The summed E-state index contributed by atoms with van der Waals surface area (Å²) in [4.78, 5) is 2.88. The Balaban J connectivity index is 2.36. The predicted molar refractivity (Wildman–Crippen MR) is 58.2 cm³/mol. The third-order valence-electron chi connectivity index (χ3n) is 3.20. The van der Waals surface area contributed by atoms with Gasteiger partial charge in [-0.3, -0.25) is 0 Å². The second kappa shape index (κ2) is 2.58. The van der Waals surface area contributed by atoms with Crippen molar-refractivity contribution in [2.75, 3.05) is 0 Å². The summed E-state index contributed by atoms with van der Waals surface area (Å²) in [6.07, 6.45) is 2.52. The van der Waals surface area contributed by atoms with Crippen LogP contribution in [-0.2, 0) is 5.41 Å². The van der Waals surface area contributed by atoms with Gasteiger partial charge in [-0.05, 0) is 45.7 Å². The molecule has 1 fully saturated rings. The molecule has 1 aromatic heterocycles. The molecule has 0 spiro atoms. The lowest BCUT2D eigenvalue weighted by Gasteiger charge is -2.29. The summed E-state index contributed by atoms with van der Waals surface area (Å²) >= 11 is 1.90. The van der Waals surface area contributed by atoms with Gasteiger partial charge in [-0.1, -0.05) is 0 Å². The normalized spacial score (nSPS) is 20.3. The van der Waals surface area contributed by atoms with Crippen molar-refractivity contribution in [3.8, 4) is 0 Å². The van der Waals surface area contributed by atoms with Gasteiger partial charge >= 0.3 is 0 Å². The Morgan fingerprint density at radius 2 is 2.00 bits per heavy atom. The lowest BCUT2D eigenvalue weighted by atomic mass is 9.84. The Kier molecular flexibility index (Phi) is 1.83. The van der Waals surface area contributed by atoms with E-state index in [0.717, 1.165) is 0 Å². The minimum Gasteiger partial charge on any atom is -0.325 e. The zero-order chi connectivity index (χ0) is 9.69. The van der Waals surface area contributed by atoms with Crippen LogP contribution in [0, 0.1) is 6.92 Å². The van der Waals surface area contributed by atoms with Gasteiger partial charge in [0.2, 0.25) is 0 Å². The Morgan fingerprint density at radius 3 is 2.31 bits per heavy atom. The van der Waals surface area contributed by atoms with Gasteiger partial charge in [0.1, 0.15) is 0 Å². The fourth-order valence-electron chi connectivity index (χ4n) is 2.02. The highest BCUT2D eigenvalue weighted by Crippen LogP contribution is 2.56. The number of hydrogen-bond donors (Lipinski definition) is 1. The maximum atomic E-state index is 6.22. The summed E-state index contributed by atoms with van der Waals surface area (Å²) < 4.78 is 0. The van der Waals surface area contributed by atoms with Gasteiger partial charge in [-0.25, -0.2) is 0 Å². The second-order valence-corrected chi connectivity index (χ2v) is 6.00. The van der Waals surface area contributed by atoms with E-state index < -0.39 is 0 Å². The summed E-state index contributed by atoms with van der Waals surface area (Å²) in [5.41, 5.74) is 6.46. The number of nitrogens with two attached hydrogens (primary N) is 1. The Labute approximate surface area is 84.0 Å². The molecular formula is C11H17NS. The summed E-state index contributed by atoms with van der Waals surface area (Å²) in [5.74, 6) is 0. The summed E-state index contributed by atoms with van der Waals surface area (Å²) in [5, 5.41) is 0. The highest BCUT2D eigenvalue weighted by atomic mass is 32.1. The lowest BCUT2D eigenvalue weighted by molar-refractivity contribution is 0.397. The fourth-order valence-corrected chi connectivity index (χ4v) is 3.31. The van der Waals surface area contributed by atoms with Crippen molar-refractivity contribution < 1.29 is 0 Å².